The summed E-state index contributed by atoms with van der Waals surface area (Å²) in [5.41, 5.74) is 1.09. The summed E-state index contributed by atoms with van der Waals surface area (Å²) in [7, 11) is -1.47. The Hall–Kier alpha value is -1.07. The Bertz CT molecular complexity index is 541. The van der Waals surface area contributed by atoms with E-state index >= 15 is 0 Å². The molecule has 1 unspecified atom stereocenters. The lowest BCUT2D eigenvalue weighted by Gasteiger charge is -2.31. The van der Waals surface area contributed by atoms with Gasteiger partial charge in [0.2, 0.25) is 6.79 Å². The summed E-state index contributed by atoms with van der Waals surface area (Å²) < 4.78 is 35.9. The molecule has 6 nitrogen and oxygen atoms in total. The molecule has 0 amide bonds. The van der Waals surface area contributed by atoms with E-state index in [0.29, 0.717) is 19.6 Å². The van der Waals surface area contributed by atoms with Crippen molar-refractivity contribution in [1.82, 2.24) is 4.67 Å². The van der Waals surface area contributed by atoms with E-state index in [9.17, 15) is 4.57 Å². The van der Waals surface area contributed by atoms with Crippen LogP contribution in [-0.2, 0) is 20.0 Å². The molecule has 0 aliphatic carbocycles. The van der Waals surface area contributed by atoms with Crippen LogP contribution in [0.1, 0.15) is 26.3 Å². The second kappa shape index (κ2) is 7.47. The lowest BCUT2D eigenvalue weighted by Crippen LogP contribution is -2.30. The normalized spacial score (nSPS) is 15.3. The monoisotopic (exact) mass is 329 g/mol. The van der Waals surface area contributed by atoms with Crippen LogP contribution < -0.4 is 9.47 Å². The first-order chi connectivity index (χ1) is 10.5. The molecule has 1 aromatic carbocycles. The highest BCUT2D eigenvalue weighted by Crippen LogP contribution is 2.52. The molecule has 1 aliphatic rings. The van der Waals surface area contributed by atoms with Crippen LogP contribution in [0.3, 0.4) is 0 Å². The molecular formula is C15H24NO5P. The molecular weight excluding hydrogens is 305 g/mol. The van der Waals surface area contributed by atoms with Gasteiger partial charge in [0.15, 0.2) is 11.5 Å². The minimum atomic E-state index is -3.24. The summed E-state index contributed by atoms with van der Waals surface area (Å²) in [6, 6.07) is 5.84. The third-order valence-electron chi connectivity index (χ3n) is 3.58. The minimum absolute atomic E-state index is 0.00990. The largest absolute Gasteiger partial charge is 0.454 e. The molecule has 0 N–H and O–H groups in total. The highest BCUT2D eigenvalue weighted by molar-refractivity contribution is 7.51. The van der Waals surface area contributed by atoms with Crippen LogP contribution in [0.15, 0.2) is 18.2 Å². The van der Waals surface area contributed by atoms with Crippen molar-refractivity contribution >= 4 is 7.75 Å². The Kier molecular flexibility index (Phi) is 5.87. The first-order valence-electron chi connectivity index (χ1n) is 7.51. The summed E-state index contributed by atoms with van der Waals surface area (Å²) in [6.45, 7) is 6.56. The maximum atomic E-state index is 12.8. The van der Waals surface area contributed by atoms with Gasteiger partial charge in [-0.2, -0.15) is 0 Å². The van der Waals surface area contributed by atoms with E-state index in [4.69, 9.17) is 18.5 Å². The molecule has 7 heteroatoms. The fourth-order valence-corrected chi connectivity index (χ4v) is 3.98. The molecule has 124 valence electrons. The van der Waals surface area contributed by atoms with Crippen LogP contribution in [0.2, 0.25) is 0 Å². The Morgan fingerprint density at radius 2 is 1.86 bits per heavy atom. The number of nitrogens with zero attached hydrogens (tertiary/aromatic N) is 1. The lowest BCUT2D eigenvalue weighted by atomic mass is 10.1. The van der Waals surface area contributed by atoms with Crippen LogP contribution >= 0.6 is 7.75 Å². The van der Waals surface area contributed by atoms with Crippen LogP contribution in [0.4, 0.5) is 0 Å². The van der Waals surface area contributed by atoms with Crippen molar-refractivity contribution in [3.8, 4) is 11.5 Å². The molecule has 1 heterocycles. The molecule has 0 aromatic heterocycles. The zero-order valence-electron chi connectivity index (χ0n) is 13.6. The van der Waals surface area contributed by atoms with Crippen molar-refractivity contribution in [2.24, 2.45) is 0 Å². The van der Waals surface area contributed by atoms with Gasteiger partial charge in [0, 0.05) is 6.04 Å². The third-order valence-corrected chi connectivity index (χ3v) is 5.91. The number of rotatable bonds is 8. The molecule has 2 rings (SSSR count). The molecule has 1 atom stereocenters. The molecule has 0 spiro atoms. The standard InChI is InChI=1S/C15H24NO5P/c1-5-20-22(17,21-6-2)16(4)12(3)9-13-7-8-14-15(10-13)19-11-18-14/h7-8,10,12H,5-6,9,11H2,1-4H3. The maximum absolute atomic E-state index is 12.8. The van der Waals surface area contributed by atoms with Gasteiger partial charge in [-0.3, -0.25) is 9.05 Å². The SMILES string of the molecule is CCOP(=O)(OCC)N(C)C(C)Cc1ccc2c(c1)OCO2. The van der Waals surface area contributed by atoms with Crippen LogP contribution in [-0.4, -0.2) is 37.8 Å². The molecule has 0 saturated carbocycles. The Balaban J connectivity index is 2.06. The van der Waals surface area contributed by atoms with Gasteiger partial charge in [-0.05, 0) is 51.9 Å². The van der Waals surface area contributed by atoms with Crippen LogP contribution in [0.25, 0.3) is 0 Å². The minimum Gasteiger partial charge on any atom is -0.454 e. The predicted molar refractivity (Wildman–Crippen MR) is 84.4 cm³/mol. The van der Waals surface area contributed by atoms with E-state index in [1.807, 2.05) is 39.0 Å². The van der Waals surface area contributed by atoms with E-state index in [2.05, 4.69) is 0 Å². The highest BCUT2D eigenvalue weighted by Gasteiger charge is 2.33. The molecule has 0 bridgehead atoms. The fraction of sp³-hybridized carbons (Fsp3) is 0.600. The number of fused-ring (bicyclic) bond motifs is 1. The number of likely N-dealkylation sites (N-methyl/N-ethyl adjacent to an activating group) is 1. The van der Waals surface area contributed by atoms with Gasteiger partial charge in [0.1, 0.15) is 0 Å². The first-order valence-corrected chi connectivity index (χ1v) is 9.00. The van der Waals surface area contributed by atoms with Gasteiger partial charge in [0.25, 0.3) is 0 Å². The zero-order chi connectivity index (χ0) is 16.2. The average molecular weight is 329 g/mol. The van der Waals surface area contributed by atoms with Crippen molar-refractivity contribution in [3.63, 3.8) is 0 Å². The van der Waals surface area contributed by atoms with Gasteiger partial charge in [-0.15, -0.1) is 0 Å². The summed E-state index contributed by atoms with van der Waals surface area (Å²) in [4.78, 5) is 0. The van der Waals surface area contributed by atoms with Gasteiger partial charge < -0.3 is 9.47 Å². The summed E-state index contributed by atoms with van der Waals surface area (Å²) in [5, 5.41) is 0. The first kappa shape index (κ1) is 17.3. The Labute approximate surface area is 131 Å². The van der Waals surface area contributed by atoms with Crippen molar-refractivity contribution in [3.05, 3.63) is 23.8 Å². The van der Waals surface area contributed by atoms with Crippen molar-refractivity contribution < 1.29 is 23.1 Å². The Morgan fingerprint density at radius 3 is 2.50 bits per heavy atom. The van der Waals surface area contributed by atoms with Crippen LogP contribution in [0, 0.1) is 0 Å². The van der Waals surface area contributed by atoms with Gasteiger partial charge in [-0.1, -0.05) is 6.07 Å². The topological polar surface area (TPSA) is 57.2 Å². The van der Waals surface area contributed by atoms with Gasteiger partial charge in [-0.25, -0.2) is 9.24 Å². The van der Waals surface area contributed by atoms with Gasteiger partial charge in [0.05, 0.1) is 13.2 Å². The highest BCUT2D eigenvalue weighted by atomic mass is 31.2. The number of benzene rings is 1. The Morgan fingerprint density at radius 1 is 1.23 bits per heavy atom. The zero-order valence-corrected chi connectivity index (χ0v) is 14.5. The molecule has 1 aliphatic heterocycles. The quantitative estimate of drug-likeness (QED) is 0.681. The fourth-order valence-electron chi connectivity index (χ4n) is 2.33. The van der Waals surface area contributed by atoms with E-state index in [1.54, 1.807) is 11.7 Å². The van der Waals surface area contributed by atoms with E-state index < -0.39 is 7.75 Å². The number of hydrogen-bond acceptors (Lipinski definition) is 5. The molecule has 0 saturated heterocycles. The lowest BCUT2D eigenvalue weighted by molar-refractivity contribution is 0.163. The van der Waals surface area contributed by atoms with E-state index in [1.165, 1.54) is 0 Å². The van der Waals surface area contributed by atoms with Crippen molar-refractivity contribution in [2.75, 3.05) is 27.1 Å². The third kappa shape index (κ3) is 3.82. The van der Waals surface area contributed by atoms with Crippen molar-refractivity contribution in [1.29, 1.82) is 0 Å². The summed E-state index contributed by atoms with van der Waals surface area (Å²) >= 11 is 0. The molecule has 0 radical (unpaired) electrons. The molecule has 1 aromatic rings. The maximum Gasteiger partial charge on any atom is 0.408 e. The second-order valence-corrected chi connectivity index (χ2v) is 7.20. The van der Waals surface area contributed by atoms with Gasteiger partial charge >= 0.3 is 7.75 Å². The smallest absolute Gasteiger partial charge is 0.408 e. The second-order valence-electron chi connectivity index (χ2n) is 5.12. The molecule has 22 heavy (non-hydrogen) atoms. The average Bonchev–Trinajstić information content (AvgIpc) is 2.94. The van der Waals surface area contributed by atoms with Crippen LogP contribution in [0.5, 0.6) is 11.5 Å². The van der Waals surface area contributed by atoms with E-state index in [0.717, 1.165) is 17.1 Å². The number of ether oxygens (including phenoxy) is 2. The number of hydrogen-bond donors (Lipinski definition) is 0. The molecule has 0 fully saturated rings. The summed E-state index contributed by atoms with van der Waals surface area (Å²) in [6.07, 6.45) is 0.706. The summed E-state index contributed by atoms with van der Waals surface area (Å²) in [5.74, 6) is 1.52. The van der Waals surface area contributed by atoms with E-state index in [-0.39, 0.29) is 12.8 Å². The van der Waals surface area contributed by atoms with Crippen molar-refractivity contribution in [2.45, 2.75) is 33.2 Å². The predicted octanol–water partition coefficient (Wildman–Crippen LogP) is 3.46.